The van der Waals surface area contributed by atoms with Gasteiger partial charge in [0.1, 0.15) is 17.4 Å². The number of ether oxygens (including phenoxy) is 1. The molecule has 3 aromatic rings. The van der Waals surface area contributed by atoms with Gasteiger partial charge in [-0.15, -0.1) is 0 Å². The quantitative estimate of drug-likeness (QED) is 0.327. The van der Waals surface area contributed by atoms with Crippen molar-refractivity contribution in [1.29, 1.82) is 5.26 Å². The van der Waals surface area contributed by atoms with E-state index in [-0.39, 0.29) is 18.1 Å². The summed E-state index contributed by atoms with van der Waals surface area (Å²) in [6, 6.07) is 20.4. The molecule has 0 bridgehead atoms. The van der Waals surface area contributed by atoms with Crippen LogP contribution in [-0.2, 0) is 9.59 Å². The van der Waals surface area contributed by atoms with Gasteiger partial charge in [0.2, 0.25) is 0 Å². The number of amides is 2. The highest BCUT2D eigenvalue weighted by Gasteiger charge is 2.10. The summed E-state index contributed by atoms with van der Waals surface area (Å²) in [5.41, 5.74) is 2.54. The zero-order valence-electron chi connectivity index (χ0n) is 17.6. The number of nitrogens with one attached hydrogen (secondary N) is 2. The lowest BCUT2D eigenvalue weighted by molar-refractivity contribution is -0.118. The van der Waals surface area contributed by atoms with Gasteiger partial charge in [-0.25, -0.2) is 0 Å². The van der Waals surface area contributed by atoms with Gasteiger partial charge in [0, 0.05) is 21.4 Å². The van der Waals surface area contributed by atoms with Crippen LogP contribution in [0.5, 0.6) is 5.75 Å². The van der Waals surface area contributed by atoms with Crippen LogP contribution in [0.25, 0.3) is 6.08 Å². The van der Waals surface area contributed by atoms with E-state index < -0.39 is 5.91 Å². The van der Waals surface area contributed by atoms with Gasteiger partial charge in [-0.05, 0) is 66.6 Å². The highest BCUT2D eigenvalue weighted by molar-refractivity contribution is 6.31. The van der Waals surface area contributed by atoms with Gasteiger partial charge in [-0.1, -0.05) is 47.5 Å². The third-order valence-corrected chi connectivity index (χ3v) is 5.11. The Labute approximate surface area is 201 Å². The largest absolute Gasteiger partial charge is 0.484 e. The number of aryl methyl sites for hydroxylation is 1. The van der Waals surface area contributed by atoms with Crippen LogP contribution in [0.2, 0.25) is 10.0 Å². The third kappa shape index (κ3) is 7.11. The Balaban J connectivity index is 1.57. The average Bonchev–Trinajstić information content (AvgIpc) is 2.79. The Morgan fingerprint density at radius 1 is 1.00 bits per heavy atom. The first-order valence-electron chi connectivity index (χ1n) is 9.81. The summed E-state index contributed by atoms with van der Waals surface area (Å²) >= 11 is 12.0. The van der Waals surface area contributed by atoms with Crippen molar-refractivity contribution in [2.45, 2.75) is 6.92 Å². The molecule has 0 saturated heterocycles. The lowest BCUT2D eigenvalue weighted by Gasteiger charge is -2.09. The summed E-state index contributed by atoms with van der Waals surface area (Å²) < 4.78 is 5.50. The molecule has 0 radical (unpaired) electrons. The zero-order valence-corrected chi connectivity index (χ0v) is 19.1. The molecule has 0 heterocycles. The van der Waals surface area contributed by atoms with Crippen molar-refractivity contribution in [1.82, 2.24) is 0 Å². The average molecular weight is 480 g/mol. The van der Waals surface area contributed by atoms with Crippen LogP contribution < -0.4 is 15.4 Å². The number of nitriles is 1. The number of nitrogens with zero attached hydrogens (tertiary/aromatic N) is 1. The number of carbonyl (C=O) groups is 2. The molecule has 3 rings (SSSR count). The summed E-state index contributed by atoms with van der Waals surface area (Å²) in [6.45, 7) is 1.69. The second-order valence-corrected chi connectivity index (χ2v) is 7.85. The monoisotopic (exact) mass is 479 g/mol. The van der Waals surface area contributed by atoms with Crippen LogP contribution in [0.4, 0.5) is 11.4 Å². The fourth-order valence-electron chi connectivity index (χ4n) is 2.76. The zero-order chi connectivity index (χ0) is 23.8. The molecule has 0 fully saturated rings. The van der Waals surface area contributed by atoms with E-state index in [9.17, 15) is 14.9 Å². The minimum absolute atomic E-state index is 0.0696. The predicted molar refractivity (Wildman–Crippen MR) is 130 cm³/mol. The van der Waals surface area contributed by atoms with E-state index in [4.69, 9.17) is 27.9 Å². The molecule has 0 aromatic heterocycles. The van der Waals surface area contributed by atoms with Crippen molar-refractivity contribution in [3.63, 3.8) is 0 Å². The second kappa shape index (κ2) is 11.2. The Morgan fingerprint density at radius 3 is 2.39 bits per heavy atom. The molecule has 33 heavy (non-hydrogen) atoms. The highest BCUT2D eigenvalue weighted by atomic mass is 35.5. The summed E-state index contributed by atoms with van der Waals surface area (Å²) in [5.74, 6) is -0.414. The number of carbonyl (C=O) groups excluding carboxylic acids is 2. The first-order chi connectivity index (χ1) is 15.8. The fraction of sp³-hybridized carbons (Fsp3) is 0.0800. The molecular weight excluding hydrogens is 461 g/mol. The van der Waals surface area contributed by atoms with Crippen LogP contribution in [0.15, 0.2) is 72.3 Å². The van der Waals surface area contributed by atoms with Gasteiger partial charge in [0.15, 0.2) is 6.61 Å². The molecule has 0 spiro atoms. The maximum absolute atomic E-state index is 12.4. The van der Waals surface area contributed by atoms with Gasteiger partial charge in [0.05, 0.1) is 0 Å². The summed E-state index contributed by atoms with van der Waals surface area (Å²) in [4.78, 5) is 24.5. The molecule has 6 nitrogen and oxygen atoms in total. The number of benzene rings is 3. The summed E-state index contributed by atoms with van der Waals surface area (Å²) in [5, 5.41) is 15.7. The van der Waals surface area contributed by atoms with Crippen LogP contribution in [0, 0.1) is 18.3 Å². The summed E-state index contributed by atoms with van der Waals surface area (Å²) in [7, 11) is 0. The Bertz CT molecular complexity index is 1250. The van der Waals surface area contributed by atoms with Crippen molar-refractivity contribution < 1.29 is 14.3 Å². The van der Waals surface area contributed by atoms with Gasteiger partial charge in [-0.2, -0.15) is 5.26 Å². The van der Waals surface area contributed by atoms with Crippen molar-refractivity contribution in [3.8, 4) is 11.8 Å². The number of halogens is 2. The maximum atomic E-state index is 12.4. The molecule has 0 aliphatic heterocycles. The van der Waals surface area contributed by atoms with E-state index in [0.717, 1.165) is 5.56 Å². The SMILES string of the molecule is Cc1ccc(NC(=O)COc2ccc(/C=C(/C#N)C(=O)Nc3cccc(Cl)c3)cc2)cc1Cl. The van der Waals surface area contributed by atoms with E-state index in [1.165, 1.54) is 6.08 Å². The van der Waals surface area contributed by atoms with E-state index in [1.54, 1.807) is 60.7 Å². The number of anilines is 2. The molecule has 0 atom stereocenters. The minimum Gasteiger partial charge on any atom is -0.484 e. The number of rotatable bonds is 7. The predicted octanol–water partition coefficient (Wildman–Crippen LogP) is 5.87. The maximum Gasteiger partial charge on any atom is 0.266 e. The van der Waals surface area contributed by atoms with E-state index in [1.807, 2.05) is 19.1 Å². The van der Waals surface area contributed by atoms with Crippen LogP contribution in [-0.4, -0.2) is 18.4 Å². The van der Waals surface area contributed by atoms with Crippen molar-refractivity contribution >= 4 is 52.5 Å². The third-order valence-electron chi connectivity index (χ3n) is 4.46. The molecule has 0 saturated carbocycles. The molecule has 2 amide bonds. The van der Waals surface area contributed by atoms with E-state index in [2.05, 4.69) is 10.6 Å². The minimum atomic E-state index is -0.548. The second-order valence-electron chi connectivity index (χ2n) is 7.00. The number of hydrogen-bond donors (Lipinski definition) is 2. The first kappa shape index (κ1) is 23.9. The standard InChI is InChI=1S/C25H19Cl2N3O3/c1-16-5-8-21(13-23(16)27)29-24(31)15-33-22-9-6-17(7-10-22)11-18(14-28)25(32)30-20-4-2-3-19(26)12-20/h2-13H,15H2,1H3,(H,29,31)(H,30,32)/b18-11-. The van der Waals surface area contributed by atoms with Crippen molar-refractivity contribution in [3.05, 3.63) is 93.5 Å². The lowest BCUT2D eigenvalue weighted by Crippen LogP contribution is -2.20. The highest BCUT2D eigenvalue weighted by Crippen LogP contribution is 2.20. The fourth-order valence-corrected chi connectivity index (χ4v) is 3.13. The topological polar surface area (TPSA) is 91.2 Å². The van der Waals surface area contributed by atoms with Crippen molar-refractivity contribution in [2.24, 2.45) is 0 Å². The Kier molecular flexibility index (Phi) is 8.09. The first-order valence-corrected chi connectivity index (χ1v) is 10.6. The summed E-state index contributed by atoms with van der Waals surface area (Å²) in [6.07, 6.45) is 1.46. The smallest absolute Gasteiger partial charge is 0.266 e. The lowest BCUT2D eigenvalue weighted by atomic mass is 10.1. The van der Waals surface area contributed by atoms with Gasteiger partial charge in [-0.3, -0.25) is 9.59 Å². The molecule has 3 aromatic carbocycles. The molecule has 0 aliphatic rings. The number of hydrogen-bond acceptors (Lipinski definition) is 4. The molecule has 166 valence electrons. The van der Waals surface area contributed by atoms with E-state index in [0.29, 0.717) is 32.7 Å². The normalized spacial score (nSPS) is 10.8. The van der Waals surface area contributed by atoms with Gasteiger partial charge >= 0.3 is 0 Å². The molecule has 0 aliphatic carbocycles. The molecular formula is C25H19Cl2N3O3. The molecule has 8 heteroatoms. The Morgan fingerprint density at radius 2 is 1.73 bits per heavy atom. The molecule has 2 N–H and O–H groups in total. The van der Waals surface area contributed by atoms with Gasteiger partial charge < -0.3 is 15.4 Å². The van der Waals surface area contributed by atoms with Crippen LogP contribution >= 0.6 is 23.2 Å². The van der Waals surface area contributed by atoms with Crippen LogP contribution in [0.1, 0.15) is 11.1 Å². The van der Waals surface area contributed by atoms with Crippen molar-refractivity contribution in [2.75, 3.05) is 17.2 Å². The van der Waals surface area contributed by atoms with Crippen LogP contribution in [0.3, 0.4) is 0 Å². The Hall–Kier alpha value is -3.79. The van der Waals surface area contributed by atoms with E-state index >= 15 is 0 Å². The van der Waals surface area contributed by atoms with Gasteiger partial charge in [0.25, 0.3) is 11.8 Å². The molecule has 0 unspecified atom stereocenters.